The Morgan fingerprint density at radius 2 is 1.89 bits per heavy atom. The lowest BCUT2D eigenvalue weighted by Gasteiger charge is -2.23. The smallest absolute Gasteiger partial charge is 0.417 e. The van der Waals surface area contributed by atoms with Crippen LogP contribution in [-0.2, 0) is 25.4 Å². The van der Waals surface area contributed by atoms with Crippen molar-refractivity contribution in [3.63, 3.8) is 0 Å². The van der Waals surface area contributed by atoms with Gasteiger partial charge in [-0.25, -0.2) is 9.69 Å². The van der Waals surface area contributed by atoms with Crippen LogP contribution >= 0.6 is 0 Å². The number of nitrogens with zero attached hydrogens (tertiary/aromatic N) is 1. The minimum atomic E-state index is -1.59. The fourth-order valence-corrected chi connectivity index (χ4v) is 4.46. The first-order valence-electron chi connectivity index (χ1n) is 12.4. The van der Waals surface area contributed by atoms with E-state index in [0.29, 0.717) is 30.8 Å². The maximum absolute atomic E-state index is 13.5. The zero-order valence-corrected chi connectivity index (χ0v) is 21.4. The number of carbonyl (C=O) groups is 3. The monoisotopic (exact) mass is 521 g/mol. The Bertz CT molecular complexity index is 1270. The van der Waals surface area contributed by atoms with E-state index in [0.717, 1.165) is 21.6 Å². The van der Waals surface area contributed by atoms with Crippen molar-refractivity contribution >= 4 is 17.8 Å². The Morgan fingerprint density at radius 1 is 1.11 bits per heavy atom. The molecule has 1 aliphatic rings. The highest BCUT2D eigenvalue weighted by atomic mass is 16.6. The second-order valence-corrected chi connectivity index (χ2v) is 8.95. The van der Waals surface area contributed by atoms with E-state index in [2.05, 4.69) is 0 Å². The number of rotatable bonds is 12. The second-order valence-electron chi connectivity index (χ2n) is 8.95. The summed E-state index contributed by atoms with van der Waals surface area (Å²) in [6.45, 7) is 2.55. The number of ether oxygens (including phenoxy) is 3. The zero-order valence-electron chi connectivity index (χ0n) is 21.4. The average Bonchev–Trinajstić information content (AvgIpc) is 3.53. The van der Waals surface area contributed by atoms with Crippen molar-refractivity contribution in [2.75, 3.05) is 33.5 Å². The number of ketones is 1. The lowest BCUT2D eigenvalue weighted by molar-refractivity contribution is -0.137. The van der Waals surface area contributed by atoms with Crippen LogP contribution in [0.5, 0.6) is 0 Å². The Labute approximate surface area is 220 Å². The van der Waals surface area contributed by atoms with Crippen molar-refractivity contribution in [3.05, 3.63) is 83.3 Å². The van der Waals surface area contributed by atoms with Crippen molar-refractivity contribution in [1.82, 2.24) is 4.90 Å². The minimum Gasteiger partial charge on any atom is -0.457 e. The van der Waals surface area contributed by atoms with Crippen molar-refractivity contribution < 1.29 is 38.1 Å². The molecule has 1 aromatic heterocycles. The molecule has 4 rings (SSSR count). The molecular weight excluding hydrogens is 490 g/mol. The third kappa shape index (κ3) is 6.02. The number of hydrogen-bond acceptors (Lipinski definition) is 8. The van der Waals surface area contributed by atoms with E-state index < -0.39 is 29.9 Å². The van der Waals surface area contributed by atoms with Crippen LogP contribution in [0.4, 0.5) is 4.79 Å². The van der Waals surface area contributed by atoms with Gasteiger partial charge in [0.25, 0.3) is 5.91 Å². The lowest BCUT2D eigenvalue weighted by Crippen LogP contribution is -2.45. The van der Waals surface area contributed by atoms with Crippen LogP contribution in [0.15, 0.2) is 65.1 Å². The molecule has 0 aliphatic carbocycles. The summed E-state index contributed by atoms with van der Waals surface area (Å²) in [7, 11) is 1.24. The summed E-state index contributed by atoms with van der Waals surface area (Å²) in [6.07, 6.45) is -1.35. The first-order chi connectivity index (χ1) is 18.4. The predicted octanol–water partition coefficient (Wildman–Crippen LogP) is 4.11. The van der Waals surface area contributed by atoms with Crippen LogP contribution in [0.3, 0.4) is 0 Å². The van der Waals surface area contributed by atoms with Crippen LogP contribution in [0.2, 0.25) is 0 Å². The fourth-order valence-electron chi connectivity index (χ4n) is 4.46. The van der Waals surface area contributed by atoms with Gasteiger partial charge in [0.2, 0.25) is 11.9 Å². The first-order valence-corrected chi connectivity index (χ1v) is 12.4. The number of aliphatic hydroxyl groups is 1. The summed E-state index contributed by atoms with van der Waals surface area (Å²) in [4.78, 5) is 40.4. The molecule has 2 aromatic carbocycles. The van der Waals surface area contributed by atoms with Crippen molar-refractivity contribution in [1.29, 1.82) is 0 Å². The molecule has 0 spiro atoms. The van der Waals surface area contributed by atoms with Gasteiger partial charge in [0.05, 0.1) is 13.2 Å². The largest absolute Gasteiger partial charge is 0.457 e. The third-order valence-electron chi connectivity index (χ3n) is 6.30. The Balaban J connectivity index is 1.60. The number of carbonyl (C=O) groups excluding carboxylic acids is 3. The van der Waals surface area contributed by atoms with E-state index in [4.69, 9.17) is 23.7 Å². The van der Waals surface area contributed by atoms with Crippen LogP contribution in [-0.4, -0.2) is 67.4 Å². The van der Waals surface area contributed by atoms with Crippen LogP contribution in [0.1, 0.15) is 39.9 Å². The number of benzene rings is 2. The van der Waals surface area contributed by atoms with Gasteiger partial charge in [0.15, 0.2) is 5.76 Å². The van der Waals surface area contributed by atoms with E-state index >= 15 is 0 Å². The number of Topliss-reactive ketones (excluding diaryl/α,β-unsaturated/α-hetero) is 1. The normalized spacial score (nSPS) is 15.9. The van der Waals surface area contributed by atoms with E-state index in [9.17, 15) is 14.4 Å². The molecule has 9 heteroatoms. The van der Waals surface area contributed by atoms with Gasteiger partial charge in [0.1, 0.15) is 18.4 Å². The molecule has 2 unspecified atom stereocenters. The zero-order chi connectivity index (χ0) is 27.1. The molecule has 2 heterocycles. The molecule has 2 amide bonds. The fraction of sp³-hybridized carbons (Fsp3) is 0.345. The molecule has 200 valence electrons. The molecule has 3 aromatic rings. The maximum Gasteiger partial charge on any atom is 0.417 e. The Morgan fingerprint density at radius 3 is 2.61 bits per heavy atom. The summed E-state index contributed by atoms with van der Waals surface area (Å²) in [6, 6.07) is 17.7. The van der Waals surface area contributed by atoms with E-state index in [1.54, 1.807) is 30.3 Å². The third-order valence-corrected chi connectivity index (χ3v) is 6.30. The maximum atomic E-state index is 13.5. The molecule has 0 radical (unpaired) electrons. The van der Waals surface area contributed by atoms with Crippen LogP contribution < -0.4 is 0 Å². The predicted molar refractivity (Wildman–Crippen MR) is 138 cm³/mol. The van der Waals surface area contributed by atoms with Gasteiger partial charge in [-0.3, -0.25) is 9.59 Å². The van der Waals surface area contributed by atoms with Crippen molar-refractivity contribution in [3.8, 4) is 11.1 Å². The van der Waals surface area contributed by atoms with Crippen LogP contribution in [0, 0.1) is 6.92 Å². The highest BCUT2D eigenvalue weighted by Gasteiger charge is 2.44. The quantitative estimate of drug-likeness (QED) is 0.215. The summed E-state index contributed by atoms with van der Waals surface area (Å²) in [5, 5.41) is 8.91. The molecule has 1 fully saturated rings. The molecule has 1 N–H and O–H groups in total. The molecule has 38 heavy (non-hydrogen) atoms. The van der Waals surface area contributed by atoms with Gasteiger partial charge in [-0.2, -0.15) is 0 Å². The number of furan rings is 1. The number of amides is 2. The second kappa shape index (κ2) is 12.6. The molecule has 9 nitrogen and oxygen atoms in total. The number of aliphatic hydroxyl groups excluding tert-OH is 1. The van der Waals surface area contributed by atoms with Gasteiger partial charge in [0, 0.05) is 25.7 Å². The summed E-state index contributed by atoms with van der Waals surface area (Å²) in [5.74, 6) is -0.990. The van der Waals surface area contributed by atoms with Crippen LogP contribution in [0.25, 0.3) is 11.1 Å². The lowest BCUT2D eigenvalue weighted by atomic mass is 10.0. The molecule has 0 saturated carbocycles. The van der Waals surface area contributed by atoms with Crippen molar-refractivity contribution in [2.45, 2.75) is 31.9 Å². The molecule has 0 bridgehead atoms. The topological polar surface area (TPSA) is 116 Å². The Hall–Kier alpha value is -3.79. The molecular formula is C29H31NO8. The highest BCUT2D eigenvalue weighted by molar-refractivity contribution is 6.14. The van der Waals surface area contributed by atoms with Gasteiger partial charge < -0.3 is 23.7 Å². The highest BCUT2D eigenvalue weighted by Crippen LogP contribution is 2.32. The molecule has 2 atom stereocenters. The van der Waals surface area contributed by atoms with Crippen molar-refractivity contribution in [2.24, 2.45) is 0 Å². The summed E-state index contributed by atoms with van der Waals surface area (Å²) in [5.41, 5.74) is 3.34. The van der Waals surface area contributed by atoms with Gasteiger partial charge in [-0.15, -0.1) is 0 Å². The first kappa shape index (κ1) is 27.3. The summed E-state index contributed by atoms with van der Waals surface area (Å²) >= 11 is 0. The number of imide groups is 1. The average molecular weight is 522 g/mol. The van der Waals surface area contributed by atoms with Gasteiger partial charge in [-0.05, 0) is 30.5 Å². The number of hydrogen-bond donors (Lipinski definition) is 1. The van der Waals surface area contributed by atoms with E-state index in [1.807, 2.05) is 37.3 Å². The van der Waals surface area contributed by atoms with E-state index in [-0.39, 0.29) is 25.6 Å². The number of cyclic esters (lactones) is 1. The Kier molecular flexibility index (Phi) is 9.06. The van der Waals surface area contributed by atoms with E-state index in [1.165, 1.54) is 7.11 Å². The number of methoxy groups -OCH3 is 1. The van der Waals surface area contributed by atoms with Gasteiger partial charge in [-0.1, -0.05) is 60.2 Å². The SMILES string of the molecule is COC(C(=O)c1cc(-c2cccc(C)c2)c(CCCOCCO)o1)C(=O)N1C(=O)OCC1c1ccccc1. The molecule has 1 saturated heterocycles. The summed E-state index contributed by atoms with van der Waals surface area (Å²) < 4.78 is 21.8. The minimum absolute atomic E-state index is 0.0139. The molecule has 1 aliphatic heterocycles. The number of aryl methyl sites for hydroxylation is 2. The van der Waals surface area contributed by atoms with Gasteiger partial charge >= 0.3 is 6.09 Å². The standard InChI is InChI=1S/C29H31NO8/c1-19-8-6-11-21(16-19)22-17-25(38-24(22)12-7-14-36-15-13-31)26(32)27(35-2)28(33)30-23(18-37-29(30)34)20-9-4-3-5-10-20/h3-6,8-11,16-17,23,27,31H,7,12-15,18H2,1-2H3.